The van der Waals surface area contributed by atoms with Crippen molar-refractivity contribution in [3.63, 3.8) is 0 Å². The van der Waals surface area contributed by atoms with Crippen LogP contribution in [-0.4, -0.2) is 14.7 Å². The van der Waals surface area contributed by atoms with E-state index in [9.17, 15) is 27.9 Å². The summed E-state index contributed by atoms with van der Waals surface area (Å²) in [5.74, 6) is -0.696. The number of halogens is 3. The second kappa shape index (κ2) is 4.55. The van der Waals surface area contributed by atoms with Gasteiger partial charge in [-0.15, -0.1) is 0 Å². The molecule has 0 bridgehead atoms. The minimum absolute atomic E-state index is 0.165. The van der Waals surface area contributed by atoms with Gasteiger partial charge in [-0.05, 0) is 25.1 Å². The normalized spacial score (nSPS) is 11.6. The van der Waals surface area contributed by atoms with Gasteiger partial charge < -0.3 is 5.11 Å². The number of hydrogen-bond acceptors (Lipinski definition) is 3. The van der Waals surface area contributed by atoms with Gasteiger partial charge in [0, 0.05) is 0 Å². The van der Waals surface area contributed by atoms with Gasteiger partial charge in [-0.2, -0.15) is 13.2 Å². The SMILES string of the molecule is Cc1c(O)n(-c2cccc(C(F)(F)F)c2)c(=O)[nH]c1=O. The molecule has 0 unspecified atom stereocenters. The minimum atomic E-state index is -4.58. The lowest BCUT2D eigenvalue weighted by molar-refractivity contribution is -0.137. The van der Waals surface area contributed by atoms with Gasteiger partial charge in [0.05, 0.1) is 16.8 Å². The summed E-state index contributed by atoms with van der Waals surface area (Å²) in [7, 11) is 0. The molecule has 0 saturated carbocycles. The van der Waals surface area contributed by atoms with Crippen molar-refractivity contribution in [2.75, 3.05) is 0 Å². The molecule has 2 N–H and O–H groups in total. The molecule has 0 aliphatic heterocycles. The Hall–Kier alpha value is -2.51. The van der Waals surface area contributed by atoms with Crippen molar-refractivity contribution in [2.24, 2.45) is 0 Å². The molecule has 1 aromatic heterocycles. The zero-order valence-electron chi connectivity index (χ0n) is 10.2. The molecule has 0 radical (unpaired) electrons. The molecule has 0 aliphatic carbocycles. The Labute approximate surface area is 109 Å². The largest absolute Gasteiger partial charge is 0.494 e. The van der Waals surface area contributed by atoms with Crippen LogP contribution in [0.4, 0.5) is 13.2 Å². The smallest absolute Gasteiger partial charge is 0.416 e. The van der Waals surface area contributed by atoms with E-state index in [0.717, 1.165) is 12.1 Å². The maximum Gasteiger partial charge on any atom is 0.416 e. The fraction of sp³-hybridized carbons (Fsp3) is 0.167. The van der Waals surface area contributed by atoms with E-state index in [4.69, 9.17) is 0 Å². The standard InChI is InChI=1S/C12H9F3N2O3/c1-6-9(18)16-11(20)17(10(6)19)8-4-2-3-7(5-8)12(13,14)15/h2-5,19H,1H3,(H,16,18,20). The van der Waals surface area contributed by atoms with Crippen molar-refractivity contribution < 1.29 is 18.3 Å². The quantitative estimate of drug-likeness (QED) is 0.835. The maximum absolute atomic E-state index is 12.6. The Bertz CT molecular complexity index is 775. The highest BCUT2D eigenvalue weighted by molar-refractivity contribution is 5.41. The van der Waals surface area contributed by atoms with Crippen LogP contribution in [0.25, 0.3) is 5.69 Å². The number of aromatic amines is 1. The van der Waals surface area contributed by atoms with Crippen molar-refractivity contribution in [3.8, 4) is 11.6 Å². The molecule has 2 aromatic rings. The van der Waals surface area contributed by atoms with E-state index in [2.05, 4.69) is 0 Å². The summed E-state index contributed by atoms with van der Waals surface area (Å²) in [6.07, 6.45) is -4.58. The summed E-state index contributed by atoms with van der Waals surface area (Å²) in [6, 6.07) is 3.86. The van der Waals surface area contributed by atoms with Crippen LogP contribution in [0.2, 0.25) is 0 Å². The zero-order valence-corrected chi connectivity index (χ0v) is 10.2. The number of H-pyrrole nitrogens is 1. The van der Waals surface area contributed by atoms with Gasteiger partial charge in [0.15, 0.2) is 0 Å². The van der Waals surface area contributed by atoms with Gasteiger partial charge in [-0.1, -0.05) is 6.07 Å². The fourth-order valence-corrected chi connectivity index (χ4v) is 1.67. The first-order chi connectivity index (χ1) is 9.21. The van der Waals surface area contributed by atoms with Gasteiger partial charge in [0.25, 0.3) is 5.56 Å². The number of nitrogens with zero attached hydrogens (tertiary/aromatic N) is 1. The van der Waals surface area contributed by atoms with Gasteiger partial charge in [0.1, 0.15) is 0 Å². The molecule has 1 heterocycles. The molecule has 0 atom stereocenters. The van der Waals surface area contributed by atoms with E-state index >= 15 is 0 Å². The summed E-state index contributed by atoms with van der Waals surface area (Å²) < 4.78 is 38.5. The van der Waals surface area contributed by atoms with Crippen molar-refractivity contribution in [3.05, 3.63) is 56.2 Å². The van der Waals surface area contributed by atoms with Gasteiger partial charge in [-0.25, -0.2) is 9.36 Å². The molecule has 1 aromatic carbocycles. The maximum atomic E-state index is 12.6. The average Bonchev–Trinajstić information content (AvgIpc) is 2.35. The predicted octanol–water partition coefficient (Wildman–Crippen LogP) is 1.56. The first-order valence-electron chi connectivity index (χ1n) is 5.44. The molecule has 106 valence electrons. The first-order valence-corrected chi connectivity index (χ1v) is 5.44. The van der Waals surface area contributed by atoms with Crippen molar-refractivity contribution in [1.29, 1.82) is 0 Å². The van der Waals surface area contributed by atoms with Crippen LogP contribution in [0.5, 0.6) is 5.88 Å². The summed E-state index contributed by atoms with van der Waals surface area (Å²) in [6.45, 7) is 1.25. The molecule has 20 heavy (non-hydrogen) atoms. The summed E-state index contributed by atoms with van der Waals surface area (Å²) in [5.41, 5.74) is -3.14. The Balaban J connectivity index is 2.73. The topological polar surface area (TPSA) is 75.1 Å². The molecule has 0 aliphatic rings. The Morgan fingerprint density at radius 3 is 2.50 bits per heavy atom. The van der Waals surface area contributed by atoms with Gasteiger partial charge in [0.2, 0.25) is 5.88 Å². The van der Waals surface area contributed by atoms with E-state index in [1.807, 2.05) is 4.98 Å². The predicted molar refractivity (Wildman–Crippen MR) is 64.1 cm³/mol. The lowest BCUT2D eigenvalue weighted by Gasteiger charge is -2.12. The van der Waals surface area contributed by atoms with Crippen LogP contribution in [0, 0.1) is 6.92 Å². The number of hydrogen-bond donors (Lipinski definition) is 2. The van der Waals surface area contributed by atoms with E-state index in [1.54, 1.807) is 0 Å². The zero-order chi connectivity index (χ0) is 15.1. The van der Waals surface area contributed by atoms with Crippen LogP contribution in [0.3, 0.4) is 0 Å². The second-order valence-electron chi connectivity index (χ2n) is 4.09. The summed E-state index contributed by atoms with van der Waals surface area (Å²) in [4.78, 5) is 24.8. The van der Waals surface area contributed by atoms with Crippen molar-refractivity contribution in [2.45, 2.75) is 13.1 Å². The molecule has 5 nitrogen and oxygen atoms in total. The van der Waals surface area contributed by atoms with Crippen molar-refractivity contribution in [1.82, 2.24) is 9.55 Å². The number of benzene rings is 1. The number of rotatable bonds is 1. The highest BCUT2D eigenvalue weighted by atomic mass is 19.4. The van der Waals surface area contributed by atoms with E-state index < -0.39 is 28.9 Å². The number of alkyl halides is 3. The van der Waals surface area contributed by atoms with Crippen LogP contribution < -0.4 is 11.2 Å². The van der Waals surface area contributed by atoms with E-state index in [0.29, 0.717) is 10.6 Å². The van der Waals surface area contributed by atoms with E-state index in [-0.39, 0.29) is 11.3 Å². The third-order valence-corrected chi connectivity index (χ3v) is 2.74. The van der Waals surface area contributed by atoms with E-state index in [1.165, 1.54) is 13.0 Å². The fourth-order valence-electron chi connectivity index (χ4n) is 1.67. The minimum Gasteiger partial charge on any atom is -0.494 e. The third-order valence-electron chi connectivity index (χ3n) is 2.74. The highest BCUT2D eigenvalue weighted by Gasteiger charge is 2.30. The third kappa shape index (κ3) is 2.31. The van der Waals surface area contributed by atoms with Crippen molar-refractivity contribution >= 4 is 0 Å². The lowest BCUT2D eigenvalue weighted by Crippen LogP contribution is -2.30. The Morgan fingerprint density at radius 1 is 1.25 bits per heavy atom. The summed E-state index contributed by atoms with van der Waals surface area (Å²) >= 11 is 0. The molecule has 0 spiro atoms. The summed E-state index contributed by atoms with van der Waals surface area (Å²) in [5, 5.41) is 9.77. The molecular formula is C12H9F3N2O3. The Kier molecular flexibility index (Phi) is 3.16. The van der Waals surface area contributed by atoms with Gasteiger partial charge in [-0.3, -0.25) is 9.78 Å². The number of nitrogens with one attached hydrogen (secondary N) is 1. The Morgan fingerprint density at radius 2 is 1.90 bits per heavy atom. The molecule has 2 rings (SSSR count). The monoisotopic (exact) mass is 286 g/mol. The van der Waals surface area contributed by atoms with Crippen LogP contribution >= 0.6 is 0 Å². The molecule has 0 saturated heterocycles. The second-order valence-corrected chi connectivity index (χ2v) is 4.09. The highest BCUT2D eigenvalue weighted by Crippen LogP contribution is 2.30. The van der Waals surface area contributed by atoms with Crippen LogP contribution in [0.1, 0.15) is 11.1 Å². The lowest BCUT2D eigenvalue weighted by atomic mass is 10.2. The molecule has 0 amide bonds. The van der Waals surface area contributed by atoms with Crippen LogP contribution in [-0.2, 0) is 6.18 Å². The average molecular weight is 286 g/mol. The molecule has 8 heteroatoms. The number of aromatic nitrogens is 2. The molecular weight excluding hydrogens is 277 g/mol. The van der Waals surface area contributed by atoms with Gasteiger partial charge >= 0.3 is 11.9 Å². The first kappa shape index (κ1) is 13.9. The number of aromatic hydroxyl groups is 1. The molecule has 0 fully saturated rings. The van der Waals surface area contributed by atoms with Crippen LogP contribution in [0.15, 0.2) is 33.9 Å².